The summed E-state index contributed by atoms with van der Waals surface area (Å²) in [5.41, 5.74) is 0.469. The lowest BCUT2D eigenvalue weighted by Crippen LogP contribution is -2.68. The number of nitrogens with zero attached hydrogens (tertiary/aromatic N) is 2. The van der Waals surface area contributed by atoms with E-state index in [-0.39, 0.29) is 11.9 Å². The van der Waals surface area contributed by atoms with Gasteiger partial charge in [-0.25, -0.2) is 4.79 Å². The molecule has 1 aromatic carbocycles. The number of thiophene rings is 1. The van der Waals surface area contributed by atoms with E-state index in [0.29, 0.717) is 0 Å². The molecule has 0 saturated carbocycles. The van der Waals surface area contributed by atoms with Gasteiger partial charge in [0.1, 0.15) is 6.04 Å². The topological polar surface area (TPSA) is 49.9 Å². The van der Waals surface area contributed by atoms with Gasteiger partial charge < -0.3 is 4.43 Å². The van der Waals surface area contributed by atoms with Crippen LogP contribution >= 0.6 is 11.3 Å². The highest BCUT2D eigenvalue weighted by Gasteiger charge is 2.56. The van der Waals surface area contributed by atoms with Crippen LogP contribution in [0.15, 0.2) is 47.8 Å². The smallest absolute Gasteiger partial charge is 0.333 e. The molecular formula is C24H34N2O3SSi. The van der Waals surface area contributed by atoms with Crippen LogP contribution in [0.25, 0.3) is 0 Å². The summed E-state index contributed by atoms with van der Waals surface area (Å²) in [4.78, 5) is 30.3. The summed E-state index contributed by atoms with van der Waals surface area (Å²) in [6.45, 7) is 12.4. The Labute approximate surface area is 191 Å². The molecule has 1 aliphatic rings. The fraction of sp³-hybridized carbons (Fsp3) is 0.500. The van der Waals surface area contributed by atoms with Crippen LogP contribution in [0.1, 0.15) is 53.1 Å². The molecule has 2 aromatic rings. The second kappa shape index (κ2) is 9.26. The lowest BCUT2D eigenvalue weighted by Gasteiger charge is -2.51. The average molecular weight is 459 g/mol. The van der Waals surface area contributed by atoms with Crippen LogP contribution in [0.4, 0.5) is 9.80 Å². The van der Waals surface area contributed by atoms with E-state index in [0.717, 1.165) is 28.7 Å². The zero-order valence-electron chi connectivity index (χ0n) is 19.4. The van der Waals surface area contributed by atoms with Gasteiger partial charge in [-0.1, -0.05) is 51.1 Å². The molecular weight excluding hydrogens is 424 g/mol. The van der Waals surface area contributed by atoms with E-state index in [1.807, 2.05) is 68.6 Å². The molecule has 31 heavy (non-hydrogen) atoms. The van der Waals surface area contributed by atoms with Gasteiger partial charge in [-0.15, -0.1) is 11.3 Å². The molecule has 168 valence electrons. The summed E-state index contributed by atoms with van der Waals surface area (Å²) in [5.74, 6) is -0.225. The largest absolute Gasteiger partial charge is 0.403 e. The molecule has 0 bridgehead atoms. The molecule has 0 N–H and O–H groups in total. The van der Waals surface area contributed by atoms with Gasteiger partial charge in [0.15, 0.2) is 14.4 Å². The molecule has 3 rings (SSSR count). The summed E-state index contributed by atoms with van der Waals surface area (Å²) in [5, 5.41) is 2.78. The third kappa shape index (κ3) is 4.49. The molecule has 2 atom stereocenters. The third-order valence-electron chi connectivity index (χ3n) is 6.29. The van der Waals surface area contributed by atoms with Gasteiger partial charge in [0, 0.05) is 5.54 Å². The number of imide groups is 1. The van der Waals surface area contributed by atoms with Gasteiger partial charge in [0.2, 0.25) is 0 Å². The number of amides is 3. The van der Waals surface area contributed by atoms with Crippen molar-refractivity contribution in [3.05, 3.63) is 53.4 Å². The molecule has 0 radical (unpaired) electrons. The number of carbonyl (C=O) groups is 2. The molecule has 2 heterocycles. The second-order valence-corrected chi connectivity index (χ2v) is 14.7. The fourth-order valence-corrected chi connectivity index (χ4v) is 7.93. The number of benzene rings is 1. The van der Waals surface area contributed by atoms with Crippen molar-refractivity contribution in [3.8, 4) is 0 Å². The van der Waals surface area contributed by atoms with E-state index in [9.17, 15) is 9.59 Å². The SMILES string of the molecule is CC[Si](CC)(CC)O[C@@H]1C(=O)N(C(=O)N(c2cccs2)C(C)(C)C)[C@@H]1c1ccccc1. The predicted molar refractivity (Wildman–Crippen MR) is 130 cm³/mol. The molecule has 1 fully saturated rings. The van der Waals surface area contributed by atoms with Crippen molar-refractivity contribution in [1.29, 1.82) is 0 Å². The van der Waals surface area contributed by atoms with E-state index in [1.165, 1.54) is 16.2 Å². The number of hydrogen-bond donors (Lipinski definition) is 0. The quantitative estimate of drug-likeness (QED) is 0.354. The molecule has 1 aromatic heterocycles. The van der Waals surface area contributed by atoms with Crippen molar-refractivity contribution in [1.82, 2.24) is 4.90 Å². The van der Waals surface area contributed by atoms with Crippen LogP contribution < -0.4 is 4.90 Å². The van der Waals surface area contributed by atoms with Gasteiger partial charge in [0.25, 0.3) is 5.91 Å². The monoisotopic (exact) mass is 458 g/mol. The zero-order chi connectivity index (χ0) is 22.8. The van der Waals surface area contributed by atoms with E-state index in [2.05, 4.69) is 20.8 Å². The molecule has 0 spiro atoms. The Morgan fingerprint density at radius 2 is 1.68 bits per heavy atom. The Kier molecular flexibility index (Phi) is 7.08. The van der Waals surface area contributed by atoms with Crippen LogP contribution in [0.2, 0.25) is 18.1 Å². The molecule has 0 aliphatic carbocycles. The maximum absolute atomic E-state index is 13.8. The highest BCUT2D eigenvalue weighted by molar-refractivity contribution is 7.14. The Hall–Kier alpha value is -1.96. The summed E-state index contributed by atoms with van der Waals surface area (Å²) in [6.07, 6.45) is -0.594. The minimum atomic E-state index is -2.02. The summed E-state index contributed by atoms with van der Waals surface area (Å²) < 4.78 is 6.62. The number of likely N-dealkylation sites (tertiary alicyclic amines) is 1. The molecule has 0 unspecified atom stereocenters. The first-order valence-corrected chi connectivity index (χ1v) is 14.5. The van der Waals surface area contributed by atoms with Crippen molar-refractivity contribution in [3.63, 3.8) is 0 Å². The van der Waals surface area contributed by atoms with Crippen LogP contribution in [0, 0.1) is 0 Å². The number of anilines is 1. The van der Waals surface area contributed by atoms with E-state index >= 15 is 0 Å². The normalized spacial score (nSPS) is 19.3. The van der Waals surface area contributed by atoms with Crippen molar-refractivity contribution in [2.24, 2.45) is 0 Å². The number of carbonyl (C=O) groups excluding carboxylic acids is 2. The zero-order valence-corrected chi connectivity index (χ0v) is 21.2. The Balaban J connectivity index is 1.99. The van der Waals surface area contributed by atoms with Gasteiger partial charge in [-0.05, 0) is 62.0 Å². The van der Waals surface area contributed by atoms with Crippen molar-refractivity contribution in [2.45, 2.75) is 77.4 Å². The van der Waals surface area contributed by atoms with Crippen LogP contribution in [-0.4, -0.2) is 36.8 Å². The number of β-lactam (4-membered cyclic amide) rings is 1. The van der Waals surface area contributed by atoms with E-state index in [1.54, 1.807) is 4.90 Å². The van der Waals surface area contributed by atoms with Gasteiger partial charge in [0.05, 0.1) is 5.00 Å². The molecule has 1 aliphatic heterocycles. The highest BCUT2D eigenvalue weighted by Crippen LogP contribution is 2.42. The minimum Gasteiger partial charge on any atom is -0.403 e. The van der Waals surface area contributed by atoms with Crippen molar-refractivity contribution < 1.29 is 14.0 Å². The Morgan fingerprint density at radius 1 is 1.06 bits per heavy atom. The van der Waals surface area contributed by atoms with Crippen LogP contribution in [0.5, 0.6) is 0 Å². The van der Waals surface area contributed by atoms with Gasteiger partial charge in [-0.2, -0.15) is 0 Å². The van der Waals surface area contributed by atoms with Gasteiger partial charge in [-0.3, -0.25) is 14.6 Å². The number of urea groups is 1. The first-order chi connectivity index (χ1) is 14.7. The van der Waals surface area contributed by atoms with Crippen LogP contribution in [0.3, 0.4) is 0 Å². The third-order valence-corrected chi connectivity index (χ3v) is 11.8. The molecule has 7 heteroatoms. The van der Waals surface area contributed by atoms with Crippen molar-refractivity contribution in [2.75, 3.05) is 4.90 Å². The van der Waals surface area contributed by atoms with Crippen LogP contribution in [-0.2, 0) is 9.22 Å². The van der Waals surface area contributed by atoms with Gasteiger partial charge >= 0.3 is 6.03 Å². The van der Waals surface area contributed by atoms with Crippen molar-refractivity contribution >= 4 is 36.6 Å². The maximum atomic E-state index is 13.8. The fourth-order valence-electron chi connectivity index (χ4n) is 4.25. The van der Waals surface area contributed by atoms with E-state index < -0.39 is 26.0 Å². The first-order valence-electron chi connectivity index (χ1n) is 11.1. The lowest BCUT2D eigenvalue weighted by molar-refractivity contribution is -0.158. The highest BCUT2D eigenvalue weighted by atomic mass is 32.1. The number of rotatable bonds is 7. The number of hydrogen-bond acceptors (Lipinski definition) is 4. The second-order valence-electron chi connectivity index (χ2n) is 9.09. The standard InChI is InChI=1S/C24H34N2O3SSi/c1-7-31(8-2,9-3)29-21-20(18-14-11-10-12-15-18)25(22(21)27)23(28)26(24(4,5)6)19-16-13-17-30-19/h10-17,20-21H,7-9H2,1-6H3/t20-,21+/m1/s1. The lowest BCUT2D eigenvalue weighted by atomic mass is 9.91. The minimum absolute atomic E-state index is 0.225. The first kappa shape index (κ1) is 23.7. The average Bonchev–Trinajstić information content (AvgIpc) is 3.26. The molecule has 3 amide bonds. The summed E-state index contributed by atoms with van der Waals surface area (Å²) >= 11 is 1.50. The summed E-state index contributed by atoms with van der Waals surface area (Å²) in [6, 6.07) is 15.8. The van der Waals surface area contributed by atoms with E-state index in [4.69, 9.17) is 4.43 Å². The Morgan fingerprint density at radius 3 is 2.16 bits per heavy atom. The summed E-state index contributed by atoms with van der Waals surface area (Å²) in [7, 11) is -2.02. The maximum Gasteiger partial charge on any atom is 0.333 e. The predicted octanol–water partition coefficient (Wildman–Crippen LogP) is 6.45. The molecule has 5 nitrogen and oxygen atoms in total. The molecule has 1 saturated heterocycles. The Bertz CT molecular complexity index is 883.